The van der Waals surface area contributed by atoms with E-state index in [9.17, 15) is 27.2 Å². The molecule has 0 bridgehead atoms. The lowest BCUT2D eigenvalue weighted by atomic mass is 10.1. The summed E-state index contributed by atoms with van der Waals surface area (Å²) in [4.78, 5) is 23.6. The highest BCUT2D eigenvalue weighted by molar-refractivity contribution is 5.93. The molecule has 2 N–H and O–H groups in total. The monoisotopic (exact) mass is 396 g/mol. The van der Waals surface area contributed by atoms with Gasteiger partial charge >= 0.3 is 6.18 Å². The van der Waals surface area contributed by atoms with E-state index in [1.54, 1.807) is 0 Å². The van der Waals surface area contributed by atoms with E-state index >= 15 is 0 Å². The van der Waals surface area contributed by atoms with Crippen LogP contribution >= 0.6 is 0 Å². The smallest absolute Gasteiger partial charge is 0.416 e. The van der Waals surface area contributed by atoms with Crippen LogP contribution in [0.3, 0.4) is 0 Å². The number of hydrazine groups is 1. The lowest BCUT2D eigenvalue weighted by molar-refractivity contribution is -0.137. The molecule has 0 heterocycles. The fourth-order valence-electron chi connectivity index (χ4n) is 2.03. The first-order valence-electron chi connectivity index (χ1n) is 8.02. The van der Waals surface area contributed by atoms with Gasteiger partial charge in [-0.15, -0.1) is 0 Å². The highest BCUT2D eigenvalue weighted by Crippen LogP contribution is 2.29. The predicted molar refractivity (Wildman–Crippen MR) is 93.3 cm³/mol. The Morgan fingerprint density at radius 3 is 2.39 bits per heavy atom. The molecule has 0 aliphatic heterocycles. The first kappa shape index (κ1) is 20.9. The fourth-order valence-corrected chi connectivity index (χ4v) is 2.03. The van der Waals surface area contributed by atoms with Crippen LogP contribution < -0.4 is 15.6 Å². The lowest BCUT2D eigenvalue weighted by Crippen LogP contribution is -2.46. The number of nitrogens with one attached hydrogen (secondary N) is 2. The van der Waals surface area contributed by atoms with Crippen LogP contribution in [-0.2, 0) is 15.8 Å². The molecule has 2 aromatic rings. The molecule has 148 valence electrons. The maximum Gasteiger partial charge on any atom is 0.416 e. The second kappa shape index (κ2) is 9.03. The van der Waals surface area contributed by atoms with E-state index in [2.05, 4.69) is 10.9 Å². The maximum atomic E-state index is 12.8. The summed E-state index contributed by atoms with van der Waals surface area (Å²) in [5.41, 5.74) is 3.54. The van der Waals surface area contributed by atoms with Gasteiger partial charge in [0.2, 0.25) is 0 Å². The molecule has 5 nitrogen and oxygen atoms in total. The molecule has 0 aliphatic rings. The van der Waals surface area contributed by atoms with Gasteiger partial charge in [0, 0.05) is 6.08 Å². The highest BCUT2D eigenvalue weighted by Gasteiger charge is 2.30. The predicted octanol–water partition coefficient (Wildman–Crippen LogP) is 3.47. The van der Waals surface area contributed by atoms with E-state index < -0.39 is 35.5 Å². The van der Waals surface area contributed by atoms with Crippen LogP contribution in [0.1, 0.15) is 18.1 Å². The average Bonchev–Trinajstić information content (AvgIpc) is 2.65. The topological polar surface area (TPSA) is 67.4 Å². The van der Waals surface area contributed by atoms with Crippen LogP contribution in [0, 0.1) is 5.82 Å². The molecule has 2 aromatic carbocycles. The van der Waals surface area contributed by atoms with Crippen molar-refractivity contribution in [2.75, 3.05) is 0 Å². The van der Waals surface area contributed by atoms with Crippen LogP contribution in [0.5, 0.6) is 5.75 Å². The number of amides is 2. The molecule has 0 saturated heterocycles. The van der Waals surface area contributed by atoms with Crippen LogP contribution in [0.2, 0.25) is 0 Å². The number of carbonyl (C=O) groups excluding carboxylic acids is 2. The third-order valence-electron chi connectivity index (χ3n) is 3.45. The first-order valence-corrected chi connectivity index (χ1v) is 8.02. The quantitative estimate of drug-likeness (QED) is 0.462. The third kappa shape index (κ3) is 6.42. The molecule has 2 amide bonds. The van der Waals surface area contributed by atoms with Crippen molar-refractivity contribution >= 4 is 17.9 Å². The first-order chi connectivity index (χ1) is 13.1. The van der Waals surface area contributed by atoms with Crippen molar-refractivity contribution in [2.45, 2.75) is 19.2 Å². The Morgan fingerprint density at radius 2 is 1.75 bits per heavy atom. The van der Waals surface area contributed by atoms with Crippen molar-refractivity contribution in [3.05, 3.63) is 71.6 Å². The molecule has 0 radical (unpaired) electrons. The minimum absolute atomic E-state index is 0.171. The van der Waals surface area contributed by atoms with Crippen molar-refractivity contribution in [2.24, 2.45) is 0 Å². The summed E-state index contributed by atoms with van der Waals surface area (Å²) in [6.45, 7) is 1.42. The van der Waals surface area contributed by atoms with Gasteiger partial charge in [0.1, 0.15) is 11.6 Å². The van der Waals surface area contributed by atoms with Crippen molar-refractivity contribution < 1.29 is 31.9 Å². The zero-order valence-electron chi connectivity index (χ0n) is 14.6. The van der Waals surface area contributed by atoms with Gasteiger partial charge in [0.15, 0.2) is 6.10 Å². The van der Waals surface area contributed by atoms with Crippen LogP contribution in [-0.4, -0.2) is 17.9 Å². The standard InChI is InChI=1S/C19H16F4N2O3/c1-12(28-16-8-6-15(20)7-9-16)18(27)25-24-17(26)10-5-13-3-2-4-14(11-13)19(21,22)23/h2-12H,1H3,(H,24,26)(H,25,27)/b10-5+/t12-/m0/s1. The van der Waals surface area contributed by atoms with Gasteiger partial charge in [0.25, 0.3) is 11.8 Å². The molecule has 0 unspecified atom stereocenters. The van der Waals surface area contributed by atoms with Crippen molar-refractivity contribution in [1.82, 2.24) is 10.9 Å². The van der Waals surface area contributed by atoms with Crippen LogP contribution in [0.15, 0.2) is 54.6 Å². The number of rotatable bonds is 5. The van der Waals surface area contributed by atoms with E-state index in [1.807, 2.05) is 0 Å². The molecule has 0 fully saturated rings. The molecule has 2 rings (SSSR count). The number of benzene rings is 2. The van der Waals surface area contributed by atoms with Gasteiger partial charge in [-0.3, -0.25) is 20.4 Å². The molecular weight excluding hydrogens is 380 g/mol. The summed E-state index contributed by atoms with van der Waals surface area (Å²) < 4.78 is 56.0. The van der Waals surface area contributed by atoms with Gasteiger partial charge in [-0.25, -0.2) is 4.39 Å². The summed E-state index contributed by atoms with van der Waals surface area (Å²) in [6.07, 6.45) is -3.32. The molecule has 28 heavy (non-hydrogen) atoms. The molecule has 0 saturated carbocycles. The number of alkyl halides is 3. The van der Waals surface area contributed by atoms with Crippen LogP contribution in [0.4, 0.5) is 17.6 Å². The zero-order chi connectivity index (χ0) is 20.7. The van der Waals surface area contributed by atoms with Gasteiger partial charge in [-0.1, -0.05) is 12.1 Å². The summed E-state index contributed by atoms with van der Waals surface area (Å²) in [5, 5.41) is 0. The van der Waals surface area contributed by atoms with Gasteiger partial charge in [-0.05, 0) is 55.0 Å². The average molecular weight is 396 g/mol. The minimum atomic E-state index is -4.49. The van der Waals surface area contributed by atoms with Crippen molar-refractivity contribution in [3.63, 3.8) is 0 Å². The van der Waals surface area contributed by atoms with E-state index in [4.69, 9.17) is 4.74 Å². The maximum absolute atomic E-state index is 12.8. The highest BCUT2D eigenvalue weighted by atomic mass is 19.4. The van der Waals surface area contributed by atoms with Crippen molar-refractivity contribution in [3.8, 4) is 5.75 Å². The molecular formula is C19H16F4N2O3. The Hall–Kier alpha value is -3.36. The van der Waals surface area contributed by atoms with Crippen LogP contribution in [0.25, 0.3) is 6.08 Å². The van der Waals surface area contributed by atoms with Gasteiger partial charge in [-0.2, -0.15) is 13.2 Å². The second-order valence-electron chi connectivity index (χ2n) is 5.65. The van der Waals surface area contributed by atoms with Gasteiger partial charge < -0.3 is 4.74 Å². The molecule has 0 aromatic heterocycles. The summed E-state index contributed by atoms with van der Waals surface area (Å²) in [6, 6.07) is 9.44. The van der Waals surface area contributed by atoms with E-state index in [0.29, 0.717) is 0 Å². The molecule has 1 atom stereocenters. The number of hydrogen-bond donors (Lipinski definition) is 2. The summed E-state index contributed by atoms with van der Waals surface area (Å²) >= 11 is 0. The molecule has 0 aliphatic carbocycles. The Balaban J connectivity index is 1.85. The number of carbonyl (C=O) groups is 2. The van der Waals surface area contributed by atoms with E-state index in [1.165, 1.54) is 49.4 Å². The fraction of sp³-hybridized carbons (Fsp3) is 0.158. The zero-order valence-corrected chi connectivity index (χ0v) is 14.6. The Morgan fingerprint density at radius 1 is 1.07 bits per heavy atom. The SMILES string of the molecule is C[C@H](Oc1ccc(F)cc1)C(=O)NNC(=O)/C=C/c1cccc(C(F)(F)F)c1. The van der Waals surface area contributed by atoms with E-state index in [0.717, 1.165) is 18.2 Å². The number of hydrogen-bond acceptors (Lipinski definition) is 3. The van der Waals surface area contributed by atoms with Crippen molar-refractivity contribution in [1.29, 1.82) is 0 Å². The molecule has 0 spiro atoms. The third-order valence-corrected chi connectivity index (χ3v) is 3.45. The normalized spacial score (nSPS) is 12.5. The number of halogens is 4. The second-order valence-corrected chi connectivity index (χ2v) is 5.65. The largest absolute Gasteiger partial charge is 0.481 e. The molecule has 9 heteroatoms. The summed E-state index contributed by atoms with van der Waals surface area (Å²) in [5.74, 6) is -1.62. The minimum Gasteiger partial charge on any atom is -0.481 e. The Bertz CT molecular complexity index is 864. The van der Waals surface area contributed by atoms with E-state index in [-0.39, 0.29) is 11.3 Å². The lowest BCUT2D eigenvalue weighted by Gasteiger charge is -2.14. The Kier molecular flexibility index (Phi) is 6.75. The summed E-state index contributed by atoms with van der Waals surface area (Å²) in [7, 11) is 0. The Labute approximate surface area is 158 Å². The van der Waals surface area contributed by atoms with Gasteiger partial charge in [0.05, 0.1) is 5.56 Å². The number of ether oxygens (including phenoxy) is 1.